The number of amides is 2. The largest absolute Gasteiger partial charge is 0.383 e. The number of methoxy groups -OCH3 is 1. The molecular formula is C12H17FN2O2. The molecule has 0 fully saturated rings. The smallest absolute Gasteiger partial charge is 0.315 e. The lowest BCUT2D eigenvalue weighted by Crippen LogP contribution is -2.42. The summed E-state index contributed by atoms with van der Waals surface area (Å²) < 4.78 is 17.5. The molecule has 5 heteroatoms. The molecule has 2 N–H and O–H groups in total. The van der Waals surface area contributed by atoms with Crippen LogP contribution in [0.25, 0.3) is 0 Å². The molecule has 0 radical (unpaired) electrons. The molecule has 0 bridgehead atoms. The van der Waals surface area contributed by atoms with Crippen molar-refractivity contribution < 1.29 is 13.9 Å². The van der Waals surface area contributed by atoms with Gasteiger partial charge in [0.25, 0.3) is 0 Å². The highest BCUT2D eigenvalue weighted by molar-refractivity contribution is 5.74. The number of hydrogen-bond donors (Lipinski definition) is 2. The van der Waals surface area contributed by atoms with Gasteiger partial charge in [0, 0.05) is 13.7 Å². The molecule has 0 aromatic heterocycles. The molecule has 0 heterocycles. The Morgan fingerprint density at radius 1 is 1.41 bits per heavy atom. The Morgan fingerprint density at radius 3 is 2.65 bits per heavy atom. The second-order valence-corrected chi connectivity index (χ2v) is 3.81. The molecule has 0 aliphatic heterocycles. The molecule has 1 aromatic carbocycles. The molecule has 1 atom stereocenters. The van der Waals surface area contributed by atoms with Crippen LogP contribution in [0.15, 0.2) is 24.3 Å². The van der Waals surface area contributed by atoms with Gasteiger partial charge in [0.15, 0.2) is 0 Å². The SMILES string of the molecule is COC[C@@H](C)NC(=O)NCc1ccc(F)cc1. The van der Waals surface area contributed by atoms with Crippen LogP contribution in [0.3, 0.4) is 0 Å². The van der Waals surface area contributed by atoms with Crippen molar-refractivity contribution in [3.05, 3.63) is 35.6 Å². The number of urea groups is 1. The molecule has 2 amide bonds. The van der Waals surface area contributed by atoms with E-state index in [9.17, 15) is 9.18 Å². The third-order valence-corrected chi connectivity index (χ3v) is 2.16. The van der Waals surface area contributed by atoms with E-state index in [-0.39, 0.29) is 17.9 Å². The van der Waals surface area contributed by atoms with Gasteiger partial charge in [-0.2, -0.15) is 0 Å². The van der Waals surface area contributed by atoms with Gasteiger partial charge in [-0.1, -0.05) is 12.1 Å². The Bertz CT molecular complexity index is 354. The molecule has 94 valence electrons. The second-order valence-electron chi connectivity index (χ2n) is 3.81. The standard InChI is InChI=1S/C12H17FN2O2/c1-9(8-17-2)15-12(16)14-7-10-3-5-11(13)6-4-10/h3-6,9H,7-8H2,1-2H3,(H2,14,15,16)/t9-/m1/s1. The maximum atomic E-state index is 12.6. The maximum Gasteiger partial charge on any atom is 0.315 e. The third kappa shape index (κ3) is 5.31. The number of halogens is 1. The van der Waals surface area contributed by atoms with Crippen molar-refractivity contribution in [2.24, 2.45) is 0 Å². The summed E-state index contributed by atoms with van der Waals surface area (Å²) in [4.78, 5) is 11.4. The fourth-order valence-corrected chi connectivity index (χ4v) is 1.35. The van der Waals surface area contributed by atoms with Gasteiger partial charge in [0.05, 0.1) is 12.6 Å². The lowest BCUT2D eigenvalue weighted by atomic mass is 10.2. The minimum Gasteiger partial charge on any atom is -0.383 e. The highest BCUT2D eigenvalue weighted by atomic mass is 19.1. The van der Waals surface area contributed by atoms with E-state index in [1.54, 1.807) is 19.2 Å². The van der Waals surface area contributed by atoms with E-state index < -0.39 is 0 Å². The lowest BCUT2D eigenvalue weighted by Gasteiger charge is -2.13. The molecule has 0 spiro atoms. The summed E-state index contributed by atoms with van der Waals surface area (Å²) in [5.41, 5.74) is 0.848. The highest BCUT2D eigenvalue weighted by Gasteiger charge is 2.05. The second kappa shape index (κ2) is 6.85. The van der Waals surface area contributed by atoms with Crippen LogP contribution >= 0.6 is 0 Å². The van der Waals surface area contributed by atoms with Gasteiger partial charge < -0.3 is 15.4 Å². The first kappa shape index (κ1) is 13.4. The van der Waals surface area contributed by atoms with Crippen LogP contribution in [0.4, 0.5) is 9.18 Å². The summed E-state index contributed by atoms with van der Waals surface area (Å²) in [5.74, 6) is -0.285. The van der Waals surface area contributed by atoms with E-state index in [4.69, 9.17) is 4.74 Å². The highest BCUT2D eigenvalue weighted by Crippen LogP contribution is 2.01. The number of benzene rings is 1. The van der Waals surface area contributed by atoms with Crippen LogP contribution in [-0.4, -0.2) is 25.8 Å². The maximum absolute atomic E-state index is 12.6. The number of rotatable bonds is 5. The topological polar surface area (TPSA) is 50.4 Å². The van der Waals surface area contributed by atoms with Gasteiger partial charge in [0.1, 0.15) is 5.82 Å². The van der Waals surface area contributed by atoms with E-state index in [0.29, 0.717) is 13.2 Å². The van der Waals surface area contributed by atoms with Crippen LogP contribution in [0, 0.1) is 5.82 Å². The zero-order valence-corrected chi connectivity index (χ0v) is 10.00. The summed E-state index contributed by atoms with van der Waals surface area (Å²) in [6, 6.07) is 5.68. The lowest BCUT2D eigenvalue weighted by molar-refractivity contribution is 0.171. The van der Waals surface area contributed by atoms with E-state index in [0.717, 1.165) is 5.56 Å². The van der Waals surface area contributed by atoms with Crippen molar-refractivity contribution in [1.82, 2.24) is 10.6 Å². The Balaban J connectivity index is 2.30. The first-order valence-electron chi connectivity index (χ1n) is 5.39. The Labute approximate surface area is 100 Å². The van der Waals surface area contributed by atoms with Crippen LogP contribution in [0.1, 0.15) is 12.5 Å². The summed E-state index contributed by atoms with van der Waals surface area (Å²) >= 11 is 0. The van der Waals surface area contributed by atoms with Crippen molar-refractivity contribution in [3.8, 4) is 0 Å². The van der Waals surface area contributed by atoms with Crippen LogP contribution < -0.4 is 10.6 Å². The average Bonchev–Trinajstić information content (AvgIpc) is 2.28. The van der Waals surface area contributed by atoms with Crippen molar-refractivity contribution in [1.29, 1.82) is 0 Å². The third-order valence-electron chi connectivity index (χ3n) is 2.16. The van der Waals surface area contributed by atoms with E-state index >= 15 is 0 Å². The van der Waals surface area contributed by atoms with Gasteiger partial charge in [-0.25, -0.2) is 9.18 Å². The molecule has 0 saturated heterocycles. The predicted molar refractivity (Wildman–Crippen MR) is 63.1 cm³/mol. The molecular weight excluding hydrogens is 223 g/mol. The van der Waals surface area contributed by atoms with Crippen LogP contribution in [0.2, 0.25) is 0 Å². The minimum atomic E-state index is -0.285. The van der Waals surface area contributed by atoms with Crippen molar-refractivity contribution in [2.45, 2.75) is 19.5 Å². The van der Waals surface area contributed by atoms with Gasteiger partial charge in [-0.15, -0.1) is 0 Å². The average molecular weight is 240 g/mol. The predicted octanol–water partition coefficient (Wildman–Crippen LogP) is 1.66. The van der Waals surface area contributed by atoms with Crippen molar-refractivity contribution in [2.75, 3.05) is 13.7 Å². The molecule has 0 unspecified atom stereocenters. The Morgan fingerprint density at radius 2 is 2.06 bits per heavy atom. The zero-order valence-electron chi connectivity index (χ0n) is 10.00. The zero-order chi connectivity index (χ0) is 12.7. The van der Waals surface area contributed by atoms with E-state index in [1.807, 2.05) is 6.92 Å². The van der Waals surface area contributed by atoms with Gasteiger partial charge in [-0.05, 0) is 24.6 Å². The number of ether oxygens (including phenoxy) is 1. The normalized spacial score (nSPS) is 11.9. The molecule has 0 aliphatic carbocycles. The van der Waals surface area contributed by atoms with Crippen molar-refractivity contribution >= 4 is 6.03 Å². The summed E-state index contributed by atoms with van der Waals surface area (Å²) in [6.07, 6.45) is 0. The number of nitrogens with one attached hydrogen (secondary N) is 2. The van der Waals surface area contributed by atoms with E-state index in [2.05, 4.69) is 10.6 Å². The minimum absolute atomic E-state index is 0.0479. The molecule has 4 nitrogen and oxygen atoms in total. The number of carbonyl (C=O) groups excluding carboxylic acids is 1. The van der Waals surface area contributed by atoms with E-state index in [1.165, 1.54) is 12.1 Å². The first-order chi connectivity index (χ1) is 8.11. The molecule has 0 saturated carbocycles. The number of hydrogen-bond acceptors (Lipinski definition) is 2. The van der Waals surface area contributed by atoms with Gasteiger partial charge in [-0.3, -0.25) is 0 Å². The first-order valence-corrected chi connectivity index (χ1v) is 5.39. The Hall–Kier alpha value is -1.62. The summed E-state index contributed by atoms with van der Waals surface area (Å²) in [7, 11) is 1.58. The monoisotopic (exact) mass is 240 g/mol. The van der Waals surface area contributed by atoms with Crippen LogP contribution in [-0.2, 0) is 11.3 Å². The van der Waals surface area contributed by atoms with Gasteiger partial charge in [0.2, 0.25) is 0 Å². The molecule has 1 rings (SSSR count). The molecule has 17 heavy (non-hydrogen) atoms. The van der Waals surface area contributed by atoms with Crippen LogP contribution in [0.5, 0.6) is 0 Å². The number of carbonyl (C=O) groups is 1. The fraction of sp³-hybridized carbons (Fsp3) is 0.417. The van der Waals surface area contributed by atoms with Gasteiger partial charge >= 0.3 is 6.03 Å². The molecule has 1 aromatic rings. The molecule has 0 aliphatic rings. The quantitative estimate of drug-likeness (QED) is 0.822. The Kier molecular flexibility index (Phi) is 5.42. The fourth-order valence-electron chi connectivity index (χ4n) is 1.35. The van der Waals surface area contributed by atoms with Crippen molar-refractivity contribution in [3.63, 3.8) is 0 Å². The summed E-state index contributed by atoms with van der Waals surface area (Å²) in [5, 5.41) is 5.39. The summed E-state index contributed by atoms with van der Waals surface area (Å²) in [6.45, 7) is 2.68.